The van der Waals surface area contributed by atoms with Crippen molar-refractivity contribution in [2.24, 2.45) is 0 Å². The van der Waals surface area contributed by atoms with Gasteiger partial charge in [-0.25, -0.2) is 4.79 Å². The van der Waals surface area contributed by atoms with Crippen molar-refractivity contribution < 1.29 is 14.7 Å². The summed E-state index contributed by atoms with van der Waals surface area (Å²) in [6, 6.07) is 0. The fourth-order valence-electron chi connectivity index (χ4n) is 0.486. The molecule has 0 fully saturated rings. The number of carbonyl (C=O) groups excluding carboxylic acids is 1. The van der Waals surface area contributed by atoms with Crippen molar-refractivity contribution in [3.63, 3.8) is 0 Å². The Labute approximate surface area is 90.7 Å². The number of carbonyl (C=O) groups is 2. The van der Waals surface area contributed by atoms with Gasteiger partial charge < -0.3 is 15.7 Å². The summed E-state index contributed by atoms with van der Waals surface area (Å²) in [4.78, 5) is 19.7. The van der Waals surface area contributed by atoms with Crippen molar-refractivity contribution in [2.75, 3.05) is 19.6 Å². The number of hydrogen-bond acceptors (Lipinski definition) is 3. The third kappa shape index (κ3) is 17.3. The van der Waals surface area contributed by atoms with Crippen molar-refractivity contribution in [2.45, 2.75) is 20.8 Å². The summed E-state index contributed by atoms with van der Waals surface area (Å²) >= 11 is 0. The first-order chi connectivity index (χ1) is 6.09. The van der Waals surface area contributed by atoms with Crippen molar-refractivity contribution in [1.29, 1.82) is 0 Å². The van der Waals surface area contributed by atoms with Crippen LogP contribution in [0.1, 0.15) is 20.8 Å². The van der Waals surface area contributed by atoms with E-state index < -0.39 is 11.9 Å². The van der Waals surface area contributed by atoms with E-state index in [0.717, 1.165) is 13.1 Å². The maximum absolute atomic E-state index is 10.0. The van der Waals surface area contributed by atoms with E-state index in [-0.39, 0.29) is 12.4 Å². The summed E-state index contributed by atoms with van der Waals surface area (Å²) in [6.07, 6.45) is 0. The van der Waals surface area contributed by atoms with Gasteiger partial charge in [-0.05, 0) is 20.0 Å². The van der Waals surface area contributed by atoms with Crippen molar-refractivity contribution >= 4 is 24.3 Å². The molecule has 0 bridgehead atoms. The van der Waals surface area contributed by atoms with E-state index >= 15 is 0 Å². The van der Waals surface area contributed by atoms with Crippen LogP contribution in [0.25, 0.3) is 0 Å². The number of aliphatic carboxylic acids is 1. The van der Waals surface area contributed by atoms with Crippen LogP contribution in [0.2, 0.25) is 0 Å². The number of amides is 1. The molecule has 0 atom stereocenters. The summed E-state index contributed by atoms with van der Waals surface area (Å²) in [7, 11) is 0. The maximum Gasteiger partial charge on any atom is 0.394 e. The van der Waals surface area contributed by atoms with Gasteiger partial charge in [0.2, 0.25) is 0 Å². The smallest absolute Gasteiger partial charge is 0.394 e. The van der Waals surface area contributed by atoms with E-state index in [2.05, 4.69) is 24.5 Å². The molecule has 1 amide bonds. The zero-order chi connectivity index (χ0) is 10.7. The molecule has 0 rings (SSSR count). The highest BCUT2D eigenvalue weighted by molar-refractivity contribution is 6.31. The van der Waals surface area contributed by atoms with Crippen LogP contribution in [0.3, 0.4) is 0 Å². The molecule has 0 heterocycles. The van der Waals surface area contributed by atoms with Gasteiger partial charge >= 0.3 is 11.9 Å². The second kappa shape index (κ2) is 14.7. The molecule has 5 nitrogen and oxygen atoms in total. The van der Waals surface area contributed by atoms with E-state index in [9.17, 15) is 9.59 Å². The topological polar surface area (TPSA) is 78.4 Å². The molecule has 0 aliphatic heterocycles. The monoisotopic (exact) mass is 226 g/mol. The van der Waals surface area contributed by atoms with Crippen LogP contribution in [0.5, 0.6) is 0 Å². The third-order valence-electron chi connectivity index (χ3n) is 1.03. The summed E-state index contributed by atoms with van der Waals surface area (Å²) in [5, 5.41) is 13.1. The molecule has 3 N–H and O–H groups in total. The molecular formula is C8H19ClN2O3. The molecule has 0 saturated carbocycles. The van der Waals surface area contributed by atoms with Gasteiger partial charge in [-0.2, -0.15) is 0 Å². The first-order valence-corrected chi connectivity index (χ1v) is 4.31. The van der Waals surface area contributed by atoms with Gasteiger partial charge in [-0.3, -0.25) is 4.79 Å². The van der Waals surface area contributed by atoms with Gasteiger partial charge in [0.25, 0.3) is 0 Å². The van der Waals surface area contributed by atoms with Crippen LogP contribution >= 0.6 is 12.4 Å². The predicted molar refractivity (Wildman–Crippen MR) is 57.8 cm³/mol. The number of carboxylic acid groups (broad SMARTS) is 1. The van der Waals surface area contributed by atoms with Gasteiger partial charge in [0, 0.05) is 6.54 Å². The van der Waals surface area contributed by atoms with Crippen LogP contribution < -0.4 is 10.6 Å². The summed E-state index contributed by atoms with van der Waals surface area (Å²) in [5.74, 6) is -2.39. The fourth-order valence-corrected chi connectivity index (χ4v) is 0.486. The molecule has 0 aromatic rings. The van der Waals surface area contributed by atoms with E-state index in [1.807, 2.05) is 0 Å². The lowest BCUT2D eigenvalue weighted by Crippen LogP contribution is -2.30. The number of hydrogen-bond donors (Lipinski definition) is 3. The van der Waals surface area contributed by atoms with E-state index in [1.165, 1.54) is 0 Å². The quantitative estimate of drug-likeness (QED) is 0.603. The molecule has 0 spiro atoms. The molecular weight excluding hydrogens is 208 g/mol. The number of carboxylic acids is 1. The molecule has 0 unspecified atom stereocenters. The Hall–Kier alpha value is -0.810. The fraction of sp³-hybridized carbons (Fsp3) is 0.750. The first kappa shape index (κ1) is 18.9. The molecule has 0 aromatic carbocycles. The zero-order valence-electron chi connectivity index (χ0n) is 8.79. The molecule has 0 aliphatic rings. The molecule has 14 heavy (non-hydrogen) atoms. The van der Waals surface area contributed by atoms with Crippen LogP contribution in [0, 0.1) is 0 Å². The Kier molecular flexibility index (Phi) is 19.8. The minimum atomic E-state index is -1.44. The number of halogens is 1. The van der Waals surface area contributed by atoms with Gasteiger partial charge in [0.1, 0.15) is 0 Å². The van der Waals surface area contributed by atoms with Gasteiger partial charge in [-0.15, -0.1) is 12.4 Å². The highest BCUT2D eigenvalue weighted by atomic mass is 35.5. The molecule has 0 saturated heterocycles. The largest absolute Gasteiger partial charge is 0.474 e. The number of rotatable bonds is 3. The number of likely N-dealkylation sites (N-methyl/N-ethyl adjacent to an activating group) is 1. The normalized spacial score (nSPS) is 7.64. The molecule has 0 radical (unpaired) electrons. The highest BCUT2D eigenvalue weighted by Crippen LogP contribution is 1.62. The van der Waals surface area contributed by atoms with E-state index in [4.69, 9.17) is 5.11 Å². The van der Waals surface area contributed by atoms with Crippen LogP contribution in [0.4, 0.5) is 0 Å². The predicted octanol–water partition coefficient (Wildman–Crippen LogP) is 0.245. The standard InChI is InChI=1S/C4H7NO3.C4H11N.ClH/c1-2-5-3(6)4(7)8;1-3-5-4-2;/h2H2,1H3,(H,5,6)(H,7,8);5H,3-4H2,1-2H3;1H. The summed E-state index contributed by atoms with van der Waals surface area (Å²) in [5.41, 5.74) is 0. The van der Waals surface area contributed by atoms with Gasteiger partial charge in [0.05, 0.1) is 0 Å². The maximum atomic E-state index is 10.0. The van der Waals surface area contributed by atoms with Gasteiger partial charge in [-0.1, -0.05) is 13.8 Å². The molecule has 6 heteroatoms. The molecule has 0 aromatic heterocycles. The summed E-state index contributed by atoms with van der Waals surface area (Å²) in [6.45, 7) is 8.39. The van der Waals surface area contributed by atoms with Crippen molar-refractivity contribution in [3.05, 3.63) is 0 Å². The van der Waals surface area contributed by atoms with E-state index in [0.29, 0.717) is 6.54 Å². The minimum absolute atomic E-state index is 0. The Morgan fingerprint density at radius 1 is 1.07 bits per heavy atom. The van der Waals surface area contributed by atoms with Crippen LogP contribution in [-0.2, 0) is 9.59 Å². The lowest BCUT2D eigenvalue weighted by Gasteiger charge is -1.91. The van der Waals surface area contributed by atoms with E-state index in [1.54, 1.807) is 6.92 Å². The lowest BCUT2D eigenvalue weighted by atomic mass is 10.6. The zero-order valence-corrected chi connectivity index (χ0v) is 9.61. The first-order valence-electron chi connectivity index (χ1n) is 4.31. The van der Waals surface area contributed by atoms with Gasteiger partial charge in [0.15, 0.2) is 0 Å². The average Bonchev–Trinajstić information content (AvgIpc) is 2.07. The third-order valence-corrected chi connectivity index (χ3v) is 1.03. The Morgan fingerprint density at radius 2 is 1.50 bits per heavy atom. The summed E-state index contributed by atoms with van der Waals surface area (Å²) < 4.78 is 0. The molecule has 0 aliphatic carbocycles. The molecule has 86 valence electrons. The number of nitrogens with one attached hydrogen (secondary N) is 2. The van der Waals surface area contributed by atoms with Crippen LogP contribution in [0.15, 0.2) is 0 Å². The second-order valence-electron chi connectivity index (χ2n) is 2.12. The Morgan fingerprint density at radius 3 is 1.57 bits per heavy atom. The Bertz CT molecular complexity index is 152. The van der Waals surface area contributed by atoms with Crippen molar-refractivity contribution in [1.82, 2.24) is 10.6 Å². The minimum Gasteiger partial charge on any atom is -0.474 e. The second-order valence-corrected chi connectivity index (χ2v) is 2.12. The highest BCUT2D eigenvalue weighted by Gasteiger charge is 2.06. The SMILES string of the molecule is CCNC(=O)C(=O)O.CCNCC.Cl. The van der Waals surface area contributed by atoms with Crippen molar-refractivity contribution in [3.8, 4) is 0 Å². The van der Waals surface area contributed by atoms with Crippen LogP contribution in [-0.4, -0.2) is 36.6 Å². The lowest BCUT2D eigenvalue weighted by molar-refractivity contribution is -0.150. The Balaban J connectivity index is -0.000000177. The average molecular weight is 227 g/mol.